The molecule has 0 aromatic heterocycles. The first-order chi connectivity index (χ1) is 10.2. The minimum atomic E-state index is -0.428. The Morgan fingerprint density at radius 2 is 2.05 bits per heavy atom. The zero-order valence-corrected chi connectivity index (χ0v) is 11.9. The molecule has 0 aliphatic carbocycles. The van der Waals surface area contributed by atoms with E-state index in [0.29, 0.717) is 24.1 Å². The molecule has 4 heteroatoms. The van der Waals surface area contributed by atoms with E-state index < -0.39 is 5.82 Å². The van der Waals surface area contributed by atoms with Crippen LogP contribution in [0.25, 0.3) is 0 Å². The quantitative estimate of drug-likeness (QED) is 0.917. The fraction of sp³-hybridized carbons (Fsp3) is 0.235. The normalized spacial score (nSPS) is 10.2. The molecule has 2 rings (SSSR count). The number of hydrogen-bond acceptors (Lipinski definition) is 3. The third kappa shape index (κ3) is 3.59. The number of benzene rings is 2. The van der Waals surface area contributed by atoms with Crippen molar-refractivity contribution in [2.75, 3.05) is 6.54 Å². The average Bonchev–Trinajstić information content (AvgIpc) is 2.48. The standard InChI is InChI=1S/C17H17FN2O/c1-12-3-2-4-14(7-8-19)17(12)21-11-15-6-5-13(10-20)9-16(15)18/h2-6,9H,7-8,11,19H2,1H3. The second kappa shape index (κ2) is 6.87. The lowest BCUT2D eigenvalue weighted by molar-refractivity contribution is 0.294. The zero-order chi connectivity index (χ0) is 15.2. The van der Waals surface area contributed by atoms with Gasteiger partial charge in [0.1, 0.15) is 18.2 Å². The molecule has 21 heavy (non-hydrogen) atoms. The highest BCUT2D eigenvalue weighted by atomic mass is 19.1. The topological polar surface area (TPSA) is 59.0 Å². The number of halogens is 1. The smallest absolute Gasteiger partial charge is 0.131 e. The molecule has 2 aromatic rings. The number of aryl methyl sites for hydroxylation is 1. The highest BCUT2D eigenvalue weighted by Crippen LogP contribution is 2.25. The van der Waals surface area contributed by atoms with E-state index in [4.69, 9.17) is 15.7 Å². The highest BCUT2D eigenvalue weighted by molar-refractivity contribution is 5.41. The molecule has 0 atom stereocenters. The number of hydrogen-bond donors (Lipinski definition) is 1. The van der Waals surface area contributed by atoms with Gasteiger partial charge in [-0.25, -0.2) is 4.39 Å². The summed E-state index contributed by atoms with van der Waals surface area (Å²) in [6.45, 7) is 2.61. The van der Waals surface area contributed by atoms with Gasteiger partial charge in [-0.15, -0.1) is 0 Å². The van der Waals surface area contributed by atoms with E-state index in [0.717, 1.165) is 16.9 Å². The van der Waals surface area contributed by atoms with Crippen molar-refractivity contribution in [3.63, 3.8) is 0 Å². The molecule has 0 radical (unpaired) electrons. The van der Waals surface area contributed by atoms with Gasteiger partial charge >= 0.3 is 0 Å². The summed E-state index contributed by atoms with van der Waals surface area (Å²) in [5.74, 6) is 0.328. The average molecular weight is 284 g/mol. The van der Waals surface area contributed by atoms with Gasteiger partial charge in [0.25, 0.3) is 0 Å². The molecule has 0 spiro atoms. The first-order valence-electron chi connectivity index (χ1n) is 6.75. The summed E-state index contributed by atoms with van der Waals surface area (Å²) in [6.07, 6.45) is 0.715. The van der Waals surface area contributed by atoms with Crippen molar-refractivity contribution in [2.24, 2.45) is 5.73 Å². The second-order valence-electron chi connectivity index (χ2n) is 4.81. The summed E-state index contributed by atoms with van der Waals surface area (Å²) in [5.41, 5.74) is 8.34. The number of para-hydroxylation sites is 1. The van der Waals surface area contributed by atoms with Gasteiger partial charge in [0, 0.05) is 5.56 Å². The summed E-state index contributed by atoms with van der Waals surface area (Å²) in [7, 11) is 0. The van der Waals surface area contributed by atoms with Crippen LogP contribution in [0.1, 0.15) is 22.3 Å². The molecule has 0 saturated carbocycles. The minimum Gasteiger partial charge on any atom is -0.488 e. The van der Waals surface area contributed by atoms with Crippen LogP contribution in [-0.2, 0) is 13.0 Å². The van der Waals surface area contributed by atoms with Crippen LogP contribution in [0.2, 0.25) is 0 Å². The van der Waals surface area contributed by atoms with Crippen LogP contribution in [0.3, 0.4) is 0 Å². The van der Waals surface area contributed by atoms with Crippen molar-refractivity contribution < 1.29 is 9.13 Å². The molecule has 0 aliphatic rings. The Morgan fingerprint density at radius 1 is 1.24 bits per heavy atom. The first-order valence-corrected chi connectivity index (χ1v) is 6.75. The van der Waals surface area contributed by atoms with Crippen LogP contribution in [0.5, 0.6) is 5.75 Å². The highest BCUT2D eigenvalue weighted by Gasteiger charge is 2.09. The number of nitrogens with two attached hydrogens (primary N) is 1. The van der Waals surface area contributed by atoms with Crippen molar-refractivity contribution in [3.05, 3.63) is 64.5 Å². The fourth-order valence-corrected chi connectivity index (χ4v) is 2.16. The Balaban J connectivity index is 2.19. The van der Waals surface area contributed by atoms with Crippen molar-refractivity contribution in [1.82, 2.24) is 0 Å². The van der Waals surface area contributed by atoms with E-state index in [1.54, 1.807) is 12.1 Å². The van der Waals surface area contributed by atoms with Gasteiger partial charge in [-0.2, -0.15) is 5.26 Å². The Kier molecular flexibility index (Phi) is 4.91. The fourth-order valence-electron chi connectivity index (χ4n) is 2.16. The Hall–Kier alpha value is -2.38. The van der Waals surface area contributed by atoms with E-state index in [9.17, 15) is 4.39 Å². The van der Waals surface area contributed by atoms with Gasteiger partial charge in [0.15, 0.2) is 0 Å². The third-order valence-electron chi connectivity index (χ3n) is 3.26. The molecular formula is C17H17FN2O. The molecular weight excluding hydrogens is 267 g/mol. The lowest BCUT2D eigenvalue weighted by Crippen LogP contribution is -2.07. The van der Waals surface area contributed by atoms with E-state index in [1.807, 2.05) is 31.2 Å². The molecule has 2 N–H and O–H groups in total. The zero-order valence-electron chi connectivity index (χ0n) is 11.9. The van der Waals surface area contributed by atoms with Crippen molar-refractivity contribution >= 4 is 0 Å². The van der Waals surface area contributed by atoms with E-state index in [1.165, 1.54) is 6.07 Å². The van der Waals surface area contributed by atoms with Crippen LogP contribution in [0.4, 0.5) is 4.39 Å². The van der Waals surface area contributed by atoms with Crippen LogP contribution >= 0.6 is 0 Å². The second-order valence-corrected chi connectivity index (χ2v) is 4.81. The monoisotopic (exact) mass is 284 g/mol. The Bertz CT molecular complexity index is 677. The van der Waals surface area contributed by atoms with Gasteiger partial charge in [-0.3, -0.25) is 0 Å². The number of nitrogens with zero attached hydrogens (tertiary/aromatic N) is 1. The molecule has 108 valence electrons. The van der Waals surface area contributed by atoms with Crippen LogP contribution in [0.15, 0.2) is 36.4 Å². The van der Waals surface area contributed by atoms with Crippen molar-refractivity contribution in [3.8, 4) is 11.8 Å². The third-order valence-corrected chi connectivity index (χ3v) is 3.26. The summed E-state index contributed by atoms with van der Waals surface area (Å²) in [4.78, 5) is 0. The number of rotatable bonds is 5. The van der Waals surface area contributed by atoms with E-state index >= 15 is 0 Å². The predicted molar refractivity (Wildman–Crippen MR) is 79.4 cm³/mol. The Morgan fingerprint density at radius 3 is 2.71 bits per heavy atom. The Labute approximate surface area is 123 Å². The predicted octanol–water partition coefficient (Wildman–Crippen LogP) is 3.09. The molecule has 2 aromatic carbocycles. The van der Waals surface area contributed by atoms with Gasteiger partial charge in [-0.05, 0) is 43.1 Å². The van der Waals surface area contributed by atoms with Gasteiger partial charge in [0.05, 0.1) is 11.6 Å². The number of ether oxygens (including phenoxy) is 1. The molecule has 0 bridgehead atoms. The minimum absolute atomic E-state index is 0.125. The van der Waals surface area contributed by atoms with E-state index in [-0.39, 0.29) is 6.61 Å². The lowest BCUT2D eigenvalue weighted by Gasteiger charge is -2.14. The molecule has 0 fully saturated rings. The SMILES string of the molecule is Cc1cccc(CCN)c1OCc1ccc(C#N)cc1F. The van der Waals surface area contributed by atoms with Crippen LogP contribution < -0.4 is 10.5 Å². The maximum atomic E-state index is 13.8. The summed E-state index contributed by atoms with van der Waals surface area (Å²) < 4.78 is 19.6. The summed E-state index contributed by atoms with van der Waals surface area (Å²) >= 11 is 0. The molecule has 0 heterocycles. The van der Waals surface area contributed by atoms with Crippen molar-refractivity contribution in [1.29, 1.82) is 5.26 Å². The van der Waals surface area contributed by atoms with Gasteiger partial charge < -0.3 is 10.5 Å². The first kappa shape index (κ1) is 15.0. The lowest BCUT2D eigenvalue weighted by atomic mass is 10.1. The van der Waals surface area contributed by atoms with Crippen LogP contribution in [-0.4, -0.2) is 6.54 Å². The van der Waals surface area contributed by atoms with E-state index in [2.05, 4.69) is 0 Å². The molecule has 0 aliphatic heterocycles. The molecule has 0 unspecified atom stereocenters. The van der Waals surface area contributed by atoms with Crippen LogP contribution in [0, 0.1) is 24.1 Å². The number of nitriles is 1. The summed E-state index contributed by atoms with van der Waals surface area (Å²) in [5, 5.41) is 8.73. The summed E-state index contributed by atoms with van der Waals surface area (Å²) in [6, 6.07) is 12.2. The molecule has 3 nitrogen and oxygen atoms in total. The van der Waals surface area contributed by atoms with Gasteiger partial charge in [-0.1, -0.05) is 24.3 Å². The maximum absolute atomic E-state index is 13.8. The maximum Gasteiger partial charge on any atom is 0.131 e. The largest absolute Gasteiger partial charge is 0.488 e. The molecule has 0 amide bonds. The van der Waals surface area contributed by atoms with Gasteiger partial charge in [0.2, 0.25) is 0 Å². The molecule has 0 saturated heterocycles. The van der Waals surface area contributed by atoms with Crippen molar-refractivity contribution in [2.45, 2.75) is 20.0 Å².